The molecule has 0 unspecified atom stereocenters. The van der Waals surface area contributed by atoms with Gasteiger partial charge in [0.1, 0.15) is 5.75 Å². The predicted octanol–water partition coefficient (Wildman–Crippen LogP) is 4.04. The van der Waals surface area contributed by atoms with Gasteiger partial charge in [-0.2, -0.15) is 5.26 Å². The number of thiazole rings is 1. The lowest BCUT2D eigenvalue weighted by atomic mass is 10.1. The van der Waals surface area contributed by atoms with E-state index in [-0.39, 0.29) is 0 Å². The number of benzene rings is 1. The van der Waals surface area contributed by atoms with Crippen LogP contribution in [0.2, 0.25) is 0 Å². The van der Waals surface area contributed by atoms with Crippen molar-refractivity contribution in [3.8, 4) is 23.1 Å². The van der Waals surface area contributed by atoms with Crippen molar-refractivity contribution in [2.24, 2.45) is 0 Å². The van der Waals surface area contributed by atoms with Gasteiger partial charge in [-0.3, -0.25) is 0 Å². The third-order valence-corrected chi connectivity index (χ3v) is 3.84. The molecule has 0 spiro atoms. The Kier molecular flexibility index (Phi) is 4.34. The number of nitrogens with zero attached hydrogens (tertiary/aromatic N) is 2. The van der Waals surface area contributed by atoms with Gasteiger partial charge in [0.25, 0.3) is 0 Å². The number of methoxy groups -OCH3 is 1. The molecule has 0 saturated carbocycles. The molecule has 0 amide bonds. The van der Waals surface area contributed by atoms with Crippen molar-refractivity contribution < 1.29 is 4.74 Å². The molecule has 1 aromatic heterocycles. The summed E-state index contributed by atoms with van der Waals surface area (Å²) >= 11 is 5.02. The lowest BCUT2D eigenvalue weighted by molar-refractivity contribution is 0.416. The Balaban J connectivity index is 2.33. The van der Waals surface area contributed by atoms with Crippen LogP contribution in [0.1, 0.15) is 11.4 Å². The largest absolute Gasteiger partial charge is 0.496 e. The van der Waals surface area contributed by atoms with E-state index in [4.69, 9.17) is 10.00 Å². The lowest BCUT2D eigenvalue weighted by Crippen LogP contribution is -1.89. The van der Waals surface area contributed by atoms with E-state index in [1.54, 1.807) is 18.4 Å². The van der Waals surface area contributed by atoms with Gasteiger partial charge in [-0.05, 0) is 18.2 Å². The molecule has 0 radical (unpaired) electrons. The van der Waals surface area contributed by atoms with Crippen LogP contribution in [-0.4, -0.2) is 12.1 Å². The van der Waals surface area contributed by atoms with Crippen LogP contribution in [0, 0.1) is 11.3 Å². The summed E-state index contributed by atoms with van der Waals surface area (Å²) in [5.74, 6) is 0.801. The van der Waals surface area contributed by atoms with E-state index >= 15 is 0 Å². The molecule has 1 aromatic carbocycles. The minimum absolute atomic E-state index is 0.503. The molecule has 2 rings (SSSR count). The summed E-state index contributed by atoms with van der Waals surface area (Å²) in [5.41, 5.74) is 1.86. The van der Waals surface area contributed by atoms with Crippen LogP contribution in [0.15, 0.2) is 28.1 Å². The summed E-state index contributed by atoms with van der Waals surface area (Å²) in [7, 11) is 1.65. The smallest absolute Gasteiger partial charge is 0.128 e. The second-order valence-electron chi connectivity index (χ2n) is 3.63. The molecule has 0 fully saturated rings. The zero-order valence-corrected chi connectivity index (χ0v) is 12.2. The van der Waals surface area contributed by atoms with Crippen LogP contribution in [0.4, 0.5) is 0 Å². The van der Waals surface area contributed by atoms with Crippen LogP contribution in [0.5, 0.6) is 5.75 Å². The highest BCUT2D eigenvalue weighted by Gasteiger charge is 2.10. The van der Waals surface area contributed by atoms with Crippen LogP contribution >= 0.6 is 27.3 Å². The molecule has 18 heavy (non-hydrogen) atoms. The number of aromatic nitrogens is 1. The number of ether oxygens (including phenoxy) is 1. The van der Waals surface area contributed by atoms with E-state index < -0.39 is 0 Å². The van der Waals surface area contributed by atoms with Crippen LogP contribution < -0.4 is 4.74 Å². The molecule has 92 valence electrons. The summed E-state index contributed by atoms with van der Waals surface area (Å²) in [4.78, 5) is 4.53. The number of rotatable bonds is 4. The summed E-state index contributed by atoms with van der Waals surface area (Å²) < 4.78 is 6.33. The fraction of sp³-hybridized carbons (Fsp3) is 0.231. The highest BCUT2D eigenvalue weighted by atomic mass is 79.9. The topological polar surface area (TPSA) is 45.9 Å². The Labute approximate surface area is 118 Å². The molecule has 5 heteroatoms. The number of halogens is 1. The van der Waals surface area contributed by atoms with Crippen LogP contribution in [0.25, 0.3) is 11.3 Å². The van der Waals surface area contributed by atoms with Gasteiger partial charge in [-0.25, -0.2) is 4.98 Å². The maximum Gasteiger partial charge on any atom is 0.128 e. The van der Waals surface area contributed by atoms with Crippen molar-refractivity contribution in [1.82, 2.24) is 4.98 Å². The fourth-order valence-electron chi connectivity index (χ4n) is 1.59. The Morgan fingerprint density at radius 2 is 2.33 bits per heavy atom. The summed E-state index contributed by atoms with van der Waals surface area (Å²) in [5, 5.41) is 11.5. The zero-order valence-electron chi connectivity index (χ0n) is 9.81. The normalized spacial score (nSPS) is 10.1. The van der Waals surface area contributed by atoms with Gasteiger partial charge in [0.05, 0.1) is 23.9 Å². The summed E-state index contributed by atoms with van der Waals surface area (Å²) in [6.45, 7) is 0. The maximum absolute atomic E-state index is 8.57. The molecule has 0 aliphatic carbocycles. The first-order chi connectivity index (χ1) is 8.74. The van der Waals surface area contributed by atoms with E-state index in [0.717, 1.165) is 26.5 Å². The average Bonchev–Trinajstić information content (AvgIpc) is 2.85. The van der Waals surface area contributed by atoms with Crippen molar-refractivity contribution in [2.45, 2.75) is 12.8 Å². The second kappa shape index (κ2) is 5.98. The first-order valence-electron chi connectivity index (χ1n) is 5.40. The van der Waals surface area contributed by atoms with Gasteiger partial charge < -0.3 is 4.74 Å². The van der Waals surface area contributed by atoms with Crippen molar-refractivity contribution in [1.29, 1.82) is 5.26 Å². The second-order valence-corrected chi connectivity index (χ2v) is 5.49. The van der Waals surface area contributed by atoms with Gasteiger partial charge >= 0.3 is 0 Å². The number of hydrogen-bond acceptors (Lipinski definition) is 4. The van der Waals surface area contributed by atoms with Gasteiger partial charge in [0, 0.05) is 28.3 Å². The van der Waals surface area contributed by atoms with Crippen molar-refractivity contribution in [3.63, 3.8) is 0 Å². The number of hydrogen-bond donors (Lipinski definition) is 0. The molecule has 0 atom stereocenters. The highest BCUT2D eigenvalue weighted by Crippen LogP contribution is 2.33. The summed E-state index contributed by atoms with van der Waals surface area (Å²) in [6.07, 6.45) is 1.21. The van der Waals surface area contributed by atoms with Gasteiger partial charge in [-0.15, -0.1) is 11.3 Å². The molecular formula is C13H11BrN2OS. The molecule has 1 heterocycles. The van der Waals surface area contributed by atoms with Crippen molar-refractivity contribution in [3.05, 3.63) is 33.1 Å². The van der Waals surface area contributed by atoms with E-state index in [1.165, 1.54) is 0 Å². The molecule has 3 nitrogen and oxygen atoms in total. The SMILES string of the molecule is COc1ccc(Br)cc1-c1csc(CCC#N)n1. The highest BCUT2D eigenvalue weighted by molar-refractivity contribution is 9.10. The van der Waals surface area contributed by atoms with Crippen molar-refractivity contribution in [2.75, 3.05) is 7.11 Å². The molecule has 0 aliphatic heterocycles. The Morgan fingerprint density at radius 1 is 1.50 bits per heavy atom. The van der Waals surface area contributed by atoms with Gasteiger partial charge in [0.2, 0.25) is 0 Å². The molecule has 0 saturated heterocycles. The van der Waals surface area contributed by atoms with Crippen LogP contribution in [0.3, 0.4) is 0 Å². The number of nitriles is 1. The zero-order chi connectivity index (χ0) is 13.0. The Morgan fingerprint density at radius 3 is 3.06 bits per heavy atom. The first-order valence-corrected chi connectivity index (χ1v) is 7.07. The Bertz CT molecular complexity index is 589. The third kappa shape index (κ3) is 2.89. The maximum atomic E-state index is 8.57. The monoisotopic (exact) mass is 322 g/mol. The van der Waals surface area contributed by atoms with E-state index in [1.807, 2.05) is 23.6 Å². The third-order valence-electron chi connectivity index (χ3n) is 2.44. The molecule has 0 aliphatic rings. The quantitative estimate of drug-likeness (QED) is 0.853. The molecular weight excluding hydrogens is 312 g/mol. The van der Waals surface area contributed by atoms with Gasteiger partial charge in [-0.1, -0.05) is 15.9 Å². The molecule has 0 N–H and O–H groups in total. The minimum atomic E-state index is 0.503. The molecule has 2 aromatic rings. The van der Waals surface area contributed by atoms with E-state index in [0.29, 0.717) is 12.8 Å². The minimum Gasteiger partial charge on any atom is -0.496 e. The van der Waals surface area contributed by atoms with Crippen LogP contribution in [-0.2, 0) is 6.42 Å². The standard InChI is InChI=1S/C13H11BrN2OS/c1-17-12-5-4-9(14)7-10(12)11-8-18-13(16-11)3-2-6-15/h4-5,7-8H,2-3H2,1H3. The summed E-state index contributed by atoms with van der Waals surface area (Å²) in [6, 6.07) is 7.97. The van der Waals surface area contributed by atoms with Crippen molar-refractivity contribution >= 4 is 27.3 Å². The lowest BCUT2D eigenvalue weighted by Gasteiger charge is -2.06. The first kappa shape index (κ1) is 13.1. The van der Waals surface area contributed by atoms with Gasteiger partial charge in [0.15, 0.2) is 0 Å². The fourth-order valence-corrected chi connectivity index (χ4v) is 2.75. The molecule has 0 bridgehead atoms. The Hall–Kier alpha value is -1.38. The predicted molar refractivity (Wildman–Crippen MR) is 75.7 cm³/mol. The van der Waals surface area contributed by atoms with E-state index in [2.05, 4.69) is 27.0 Å². The average molecular weight is 323 g/mol. The number of aryl methyl sites for hydroxylation is 1. The van der Waals surface area contributed by atoms with E-state index in [9.17, 15) is 0 Å².